The highest BCUT2D eigenvalue weighted by Crippen LogP contribution is 2.29. The number of Topliss-reactive ketones (excluding diaryl/α,β-unsaturated/α-hetero) is 1. The molecular weight excluding hydrogens is 342 g/mol. The summed E-state index contributed by atoms with van der Waals surface area (Å²) in [6, 6.07) is 14.6. The van der Waals surface area contributed by atoms with Gasteiger partial charge in [-0.05, 0) is 32.4 Å². The van der Waals surface area contributed by atoms with Crippen molar-refractivity contribution in [1.29, 1.82) is 0 Å². The van der Waals surface area contributed by atoms with E-state index in [1.165, 1.54) is 0 Å². The van der Waals surface area contributed by atoms with Crippen molar-refractivity contribution < 1.29 is 19.1 Å². The van der Waals surface area contributed by atoms with Crippen molar-refractivity contribution in [3.05, 3.63) is 65.2 Å². The largest absolute Gasteiger partial charge is 0.454 e. The quantitative estimate of drug-likeness (QED) is 0.601. The van der Waals surface area contributed by atoms with Crippen molar-refractivity contribution in [3.8, 4) is 0 Å². The molecule has 5 heteroatoms. The number of nitrogens with zero attached hydrogens (tertiary/aromatic N) is 1. The summed E-state index contributed by atoms with van der Waals surface area (Å²) in [5.74, 6) is -1.43. The molecule has 1 amide bonds. The third-order valence-corrected chi connectivity index (χ3v) is 4.82. The smallest absolute Gasteiger partial charge is 0.312 e. The summed E-state index contributed by atoms with van der Waals surface area (Å²) < 4.78 is 5.37. The first kappa shape index (κ1) is 18.8. The molecule has 1 aliphatic heterocycles. The molecule has 0 spiro atoms. The molecular formula is C22H23NO4. The third-order valence-electron chi connectivity index (χ3n) is 4.82. The maximum absolute atomic E-state index is 12.5. The molecule has 5 nitrogen and oxygen atoms in total. The Hall–Kier alpha value is -2.95. The molecule has 2 atom stereocenters. The van der Waals surface area contributed by atoms with Crippen molar-refractivity contribution in [2.45, 2.75) is 33.3 Å². The van der Waals surface area contributed by atoms with Crippen LogP contribution >= 0.6 is 0 Å². The predicted octanol–water partition coefficient (Wildman–Crippen LogP) is 3.47. The van der Waals surface area contributed by atoms with E-state index in [2.05, 4.69) is 0 Å². The first-order chi connectivity index (χ1) is 12.9. The Labute approximate surface area is 158 Å². The van der Waals surface area contributed by atoms with Crippen LogP contribution in [0.3, 0.4) is 0 Å². The van der Waals surface area contributed by atoms with E-state index in [0.717, 1.165) is 16.8 Å². The number of esters is 1. The Balaban J connectivity index is 1.66. The second-order valence-corrected chi connectivity index (χ2v) is 7.00. The maximum atomic E-state index is 12.5. The molecule has 0 unspecified atom stereocenters. The molecule has 1 heterocycles. The number of amides is 1. The van der Waals surface area contributed by atoms with Gasteiger partial charge in [-0.25, -0.2) is 0 Å². The van der Waals surface area contributed by atoms with Crippen LogP contribution in [-0.2, 0) is 14.3 Å². The molecule has 27 heavy (non-hydrogen) atoms. The fourth-order valence-corrected chi connectivity index (χ4v) is 3.37. The van der Waals surface area contributed by atoms with Gasteiger partial charge in [0.05, 0.1) is 5.92 Å². The number of benzene rings is 2. The van der Waals surface area contributed by atoms with E-state index >= 15 is 0 Å². The van der Waals surface area contributed by atoms with Crippen LogP contribution in [0.5, 0.6) is 0 Å². The molecule has 1 saturated heterocycles. The van der Waals surface area contributed by atoms with Gasteiger partial charge in [-0.15, -0.1) is 0 Å². The Morgan fingerprint density at radius 1 is 1.11 bits per heavy atom. The number of aryl methyl sites for hydroxylation is 2. The average molecular weight is 365 g/mol. The van der Waals surface area contributed by atoms with E-state index in [1.54, 1.807) is 36.1 Å². The minimum absolute atomic E-state index is 0.0956. The van der Waals surface area contributed by atoms with Gasteiger partial charge in [-0.1, -0.05) is 48.0 Å². The molecule has 3 rings (SSSR count). The SMILES string of the molecule is Cc1ccc(N2C[C@@H](C(=O)O[C@@H](C)C(=O)c3ccccc3)CC2=O)c(C)c1. The predicted molar refractivity (Wildman–Crippen MR) is 103 cm³/mol. The molecule has 0 aromatic heterocycles. The lowest BCUT2D eigenvalue weighted by molar-refractivity contribution is -0.151. The summed E-state index contributed by atoms with van der Waals surface area (Å²) in [5, 5.41) is 0. The van der Waals surface area contributed by atoms with Crippen molar-refractivity contribution in [2.24, 2.45) is 5.92 Å². The van der Waals surface area contributed by atoms with Crippen LogP contribution in [0.4, 0.5) is 5.69 Å². The lowest BCUT2D eigenvalue weighted by Gasteiger charge is -2.20. The van der Waals surface area contributed by atoms with Crippen molar-refractivity contribution in [3.63, 3.8) is 0 Å². The Morgan fingerprint density at radius 2 is 1.81 bits per heavy atom. The second-order valence-electron chi connectivity index (χ2n) is 7.00. The molecule has 0 radical (unpaired) electrons. The van der Waals surface area contributed by atoms with E-state index < -0.39 is 18.0 Å². The van der Waals surface area contributed by atoms with E-state index in [-0.39, 0.29) is 24.7 Å². The number of rotatable bonds is 5. The van der Waals surface area contributed by atoms with Crippen LogP contribution in [0.25, 0.3) is 0 Å². The lowest BCUT2D eigenvalue weighted by Crippen LogP contribution is -2.30. The number of carbonyl (C=O) groups is 3. The van der Waals surface area contributed by atoms with Crippen LogP contribution in [-0.4, -0.2) is 30.3 Å². The van der Waals surface area contributed by atoms with E-state index in [4.69, 9.17) is 4.74 Å². The number of anilines is 1. The van der Waals surface area contributed by atoms with Crippen molar-refractivity contribution >= 4 is 23.3 Å². The molecule has 0 aliphatic carbocycles. The highest BCUT2D eigenvalue weighted by Gasteiger charge is 2.37. The van der Waals surface area contributed by atoms with Crippen LogP contribution in [0.2, 0.25) is 0 Å². The molecule has 2 aromatic carbocycles. The number of hydrogen-bond donors (Lipinski definition) is 0. The van der Waals surface area contributed by atoms with E-state index in [0.29, 0.717) is 5.56 Å². The van der Waals surface area contributed by atoms with Crippen LogP contribution in [0.1, 0.15) is 34.8 Å². The normalized spacial score (nSPS) is 17.7. The van der Waals surface area contributed by atoms with Gasteiger partial charge in [0.15, 0.2) is 6.10 Å². The molecule has 1 aliphatic rings. The van der Waals surface area contributed by atoms with E-state index in [1.807, 2.05) is 38.1 Å². The zero-order valence-corrected chi connectivity index (χ0v) is 15.8. The van der Waals surface area contributed by atoms with Gasteiger partial charge in [0.2, 0.25) is 11.7 Å². The topological polar surface area (TPSA) is 63.7 Å². The zero-order valence-electron chi connectivity index (χ0n) is 15.8. The summed E-state index contributed by atoms with van der Waals surface area (Å²) in [6.07, 6.45) is -0.788. The molecule has 2 aromatic rings. The van der Waals surface area contributed by atoms with Crippen LogP contribution < -0.4 is 4.90 Å². The van der Waals surface area contributed by atoms with E-state index in [9.17, 15) is 14.4 Å². The standard InChI is InChI=1S/C22H23NO4/c1-14-9-10-19(15(2)11-14)23-13-18(12-20(23)24)22(26)27-16(3)21(25)17-7-5-4-6-8-17/h4-11,16,18H,12-13H2,1-3H3/t16-,18-/m0/s1. The molecule has 140 valence electrons. The van der Waals surface area contributed by atoms with Crippen LogP contribution in [0.15, 0.2) is 48.5 Å². The highest BCUT2D eigenvalue weighted by molar-refractivity contribution is 6.02. The van der Waals surface area contributed by atoms with Gasteiger partial charge in [0.25, 0.3) is 0 Å². The Bertz CT molecular complexity index is 875. The number of ketones is 1. The van der Waals surface area contributed by atoms with Gasteiger partial charge in [-0.3, -0.25) is 14.4 Å². The molecule has 0 saturated carbocycles. The fraction of sp³-hybridized carbons (Fsp3) is 0.318. The van der Waals surface area contributed by atoms with Crippen LogP contribution in [0, 0.1) is 19.8 Å². The summed E-state index contributed by atoms with van der Waals surface area (Å²) in [4.78, 5) is 38.9. The number of hydrogen-bond acceptors (Lipinski definition) is 4. The van der Waals surface area contributed by atoms with Crippen molar-refractivity contribution in [2.75, 3.05) is 11.4 Å². The zero-order chi connectivity index (χ0) is 19.6. The first-order valence-corrected chi connectivity index (χ1v) is 9.04. The highest BCUT2D eigenvalue weighted by atomic mass is 16.5. The average Bonchev–Trinajstić information content (AvgIpc) is 3.03. The van der Waals surface area contributed by atoms with Gasteiger partial charge < -0.3 is 9.64 Å². The summed E-state index contributed by atoms with van der Waals surface area (Å²) in [5.41, 5.74) is 3.42. The molecule has 0 bridgehead atoms. The second kappa shape index (κ2) is 7.74. The van der Waals surface area contributed by atoms with Crippen molar-refractivity contribution in [1.82, 2.24) is 0 Å². The van der Waals surface area contributed by atoms with Gasteiger partial charge in [0, 0.05) is 24.2 Å². The number of ether oxygens (including phenoxy) is 1. The van der Waals surface area contributed by atoms with Gasteiger partial charge in [-0.2, -0.15) is 0 Å². The fourth-order valence-electron chi connectivity index (χ4n) is 3.37. The monoisotopic (exact) mass is 365 g/mol. The number of carbonyl (C=O) groups excluding carboxylic acids is 3. The minimum atomic E-state index is -0.884. The lowest BCUT2D eigenvalue weighted by atomic mass is 10.1. The van der Waals surface area contributed by atoms with Gasteiger partial charge >= 0.3 is 5.97 Å². The summed E-state index contributed by atoms with van der Waals surface area (Å²) in [6.45, 7) is 5.77. The molecule has 0 N–H and O–H groups in total. The third kappa shape index (κ3) is 4.08. The molecule has 1 fully saturated rings. The minimum Gasteiger partial charge on any atom is -0.454 e. The maximum Gasteiger partial charge on any atom is 0.312 e. The summed E-state index contributed by atoms with van der Waals surface area (Å²) >= 11 is 0. The summed E-state index contributed by atoms with van der Waals surface area (Å²) in [7, 11) is 0. The van der Waals surface area contributed by atoms with Gasteiger partial charge in [0.1, 0.15) is 0 Å². The Morgan fingerprint density at radius 3 is 2.48 bits per heavy atom. The first-order valence-electron chi connectivity index (χ1n) is 9.04. The Kier molecular flexibility index (Phi) is 5.40.